The van der Waals surface area contributed by atoms with Gasteiger partial charge in [0, 0.05) is 6.42 Å². The van der Waals surface area contributed by atoms with E-state index in [4.69, 9.17) is 9.47 Å². The van der Waals surface area contributed by atoms with Crippen molar-refractivity contribution in [2.75, 3.05) is 13.2 Å². The number of rotatable bonds is 42. The highest BCUT2D eigenvalue weighted by Crippen LogP contribution is 2.26. The van der Waals surface area contributed by atoms with Gasteiger partial charge < -0.3 is 35.2 Å². The van der Waals surface area contributed by atoms with E-state index in [1.54, 1.807) is 0 Å². The summed E-state index contributed by atoms with van der Waals surface area (Å²) in [5.41, 5.74) is 0. The molecule has 1 amide bonds. The van der Waals surface area contributed by atoms with Crippen LogP contribution in [-0.4, -0.2) is 95.4 Å². The van der Waals surface area contributed by atoms with Crippen LogP contribution in [0.2, 0.25) is 0 Å². The van der Waals surface area contributed by atoms with Crippen LogP contribution in [0, 0.1) is 0 Å². The molecule has 0 bridgehead atoms. The Morgan fingerprint density at radius 2 is 0.983 bits per heavy atom. The van der Waals surface area contributed by atoms with E-state index in [9.17, 15) is 38.2 Å². The highest BCUT2D eigenvalue weighted by molar-refractivity contribution is 7.80. The van der Waals surface area contributed by atoms with Crippen LogP contribution in [-0.2, 0) is 28.9 Å². The maximum absolute atomic E-state index is 13.0. The molecule has 0 aromatic heterocycles. The Morgan fingerprint density at radius 3 is 1.36 bits per heavy atom. The molecule has 12 nitrogen and oxygen atoms in total. The second-order valence-electron chi connectivity index (χ2n) is 17.4. The minimum atomic E-state index is -5.07. The number of nitrogens with one attached hydrogen (secondary N) is 1. The molecule has 1 aliphatic heterocycles. The predicted molar refractivity (Wildman–Crippen MR) is 236 cm³/mol. The number of ether oxygens (including phenoxy) is 2. The number of aliphatic hydroxyl groups excluding tert-OH is 4. The van der Waals surface area contributed by atoms with E-state index in [1.165, 1.54) is 154 Å². The summed E-state index contributed by atoms with van der Waals surface area (Å²) in [5.74, 6) is -0.230. The predicted octanol–water partition coefficient (Wildman–Crippen LogP) is 9.78. The Morgan fingerprint density at radius 1 is 0.610 bits per heavy atom. The Hall–Kier alpha value is -0.900. The molecule has 0 spiro atoms. The zero-order chi connectivity index (χ0) is 43.4. The number of hydrogen-bond acceptors (Lipinski definition) is 10. The first-order chi connectivity index (χ1) is 28.5. The molecule has 0 aliphatic carbocycles. The standard InChI is InChI=1S/C46H91NO11S/c1-3-5-7-9-11-13-14-15-16-17-18-19-20-21-22-23-24-25-26-28-29-31-33-35-40(49)39(47-42(50)36-34-32-30-27-12-10-8-6-4-2)38-56-46-44(52)45(58-59(53,54)55)43(51)41(37-48)57-46/h39-41,43-46,48-49,51-52H,3-38H2,1-2H3,(H,47,50)(H,53,54,55). The molecule has 1 aliphatic rings. The molecule has 59 heavy (non-hydrogen) atoms. The van der Waals surface area contributed by atoms with Gasteiger partial charge in [-0.05, 0) is 12.8 Å². The average molecular weight is 866 g/mol. The lowest BCUT2D eigenvalue weighted by Crippen LogP contribution is -2.61. The fraction of sp³-hybridized carbons (Fsp3) is 0.978. The summed E-state index contributed by atoms with van der Waals surface area (Å²) < 4.78 is 47.6. The van der Waals surface area contributed by atoms with E-state index in [0.29, 0.717) is 12.8 Å². The lowest BCUT2D eigenvalue weighted by atomic mass is 9.99. The maximum atomic E-state index is 13.0. The van der Waals surface area contributed by atoms with Gasteiger partial charge in [-0.3, -0.25) is 9.35 Å². The van der Waals surface area contributed by atoms with E-state index >= 15 is 0 Å². The Kier molecular flexibility index (Phi) is 35.8. The van der Waals surface area contributed by atoms with Crippen LogP contribution in [0.5, 0.6) is 0 Å². The van der Waals surface area contributed by atoms with E-state index < -0.39 is 59.9 Å². The number of hydrogen-bond donors (Lipinski definition) is 6. The summed E-state index contributed by atoms with van der Waals surface area (Å²) in [7, 11) is -5.07. The molecule has 0 aromatic rings. The molecular weight excluding hydrogens is 775 g/mol. The molecule has 1 heterocycles. The van der Waals surface area contributed by atoms with Crippen molar-refractivity contribution in [1.29, 1.82) is 0 Å². The van der Waals surface area contributed by atoms with E-state index in [1.807, 2.05) is 0 Å². The van der Waals surface area contributed by atoms with Gasteiger partial charge in [0.15, 0.2) is 6.29 Å². The molecule has 0 aromatic carbocycles. The summed E-state index contributed by atoms with van der Waals surface area (Å²) in [6, 6.07) is -0.850. The summed E-state index contributed by atoms with van der Waals surface area (Å²) in [6.07, 6.45) is 31.3. The average Bonchev–Trinajstić information content (AvgIpc) is 3.20. The van der Waals surface area contributed by atoms with Crippen LogP contribution in [0.25, 0.3) is 0 Å². The first-order valence-corrected chi connectivity index (χ1v) is 25.8. The number of amides is 1. The van der Waals surface area contributed by atoms with Crippen molar-refractivity contribution in [3.63, 3.8) is 0 Å². The van der Waals surface area contributed by atoms with Crippen LogP contribution in [0.4, 0.5) is 0 Å². The monoisotopic (exact) mass is 866 g/mol. The highest BCUT2D eigenvalue weighted by atomic mass is 32.3. The summed E-state index contributed by atoms with van der Waals surface area (Å²) in [6.45, 7) is 3.44. The summed E-state index contributed by atoms with van der Waals surface area (Å²) in [5, 5.41) is 44.8. The van der Waals surface area contributed by atoms with Gasteiger partial charge in [-0.2, -0.15) is 8.42 Å². The topological polar surface area (TPSA) is 192 Å². The first-order valence-electron chi connectivity index (χ1n) is 24.4. The van der Waals surface area contributed by atoms with Crippen LogP contribution in [0.15, 0.2) is 0 Å². The van der Waals surface area contributed by atoms with E-state index in [2.05, 4.69) is 23.3 Å². The molecule has 352 valence electrons. The van der Waals surface area contributed by atoms with Gasteiger partial charge in [0.2, 0.25) is 5.91 Å². The fourth-order valence-corrected chi connectivity index (χ4v) is 8.62. The Bertz CT molecular complexity index is 1070. The third-order valence-electron chi connectivity index (χ3n) is 11.9. The molecule has 0 radical (unpaired) electrons. The third kappa shape index (κ3) is 30.7. The minimum absolute atomic E-state index is 0.230. The van der Waals surface area contributed by atoms with Crippen molar-refractivity contribution < 1.29 is 51.8 Å². The second kappa shape index (κ2) is 37.6. The number of carbonyl (C=O) groups is 1. The smallest absolute Gasteiger partial charge is 0.394 e. The number of aliphatic hydroxyl groups is 4. The lowest BCUT2D eigenvalue weighted by Gasteiger charge is -2.41. The zero-order valence-electron chi connectivity index (χ0n) is 37.6. The summed E-state index contributed by atoms with van der Waals surface area (Å²) >= 11 is 0. The molecule has 13 heteroatoms. The lowest BCUT2D eigenvalue weighted by molar-refractivity contribution is -0.298. The zero-order valence-corrected chi connectivity index (χ0v) is 38.4. The van der Waals surface area contributed by atoms with Crippen LogP contribution >= 0.6 is 0 Å². The third-order valence-corrected chi connectivity index (χ3v) is 12.4. The van der Waals surface area contributed by atoms with Gasteiger partial charge in [-0.1, -0.05) is 213 Å². The van der Waals surface area contributed by atoms with E-state index in [-0.39, 0.29) is 12.5 Å². The largest absolute Gasteiger partial charge is 0.397 e. The molecule has 7 atom stereocenters. The van der Waals surface area contributed by atoms with Crippen LogP contribution in [0.1, 0.15) is 232 Å². The Balaban J connectivity index is 2.36. The van der Waals surface area contributed by atoms with Crippen LogP contribution in [0.3, 0.4) is 0 Å². The molecule has 1 saturated heterocycles. The quantitative estimate of drug-likeness (QED) is 0.0253. The number of unbranched alkanes of at least 4 members (excludes halogenated alkanes) is 30. The molecule has 7 unspecified atom stereocenters. The van der Waals surface area contributed by atoms with Gasteiger partial charge >= 0.3 is 10.4 Å². The van der Waals surface area contributed by atoms with Crippen molar-refractivity contribution in [3.8, 4) is 0 Å². The van der Waals surface area contributed by atoms with Gasteiger partial charge in [-0.15, -0.1) is 0 Å². The Labute approximate surface area is 360 Å². The maximum Gasteiger partial charge on any atom is 0.397 e. The van der Waals surface area contributed by atoms with Gasteiger partial charge in [0.1, 0.15) is 24.4 Å². The number of carbonyl (C=O) groups excluding carboxylic acids is 1. The molecule has 1 rings (SSSR count). The second-order valence-corrected chi connectivity index (χ2v) is 18.5. The summed E-state index contributed by atoms with van der Waals surface area (Å²) in [4.78, 5) is 13.0. The molecular formula is C46H91NO11S. The van der Waals surface area contributed by atoms with Crippen molar-refractivity contribution >= 4 is 16.3 Å². The molecule has 6 N–H and O–H groups in total. The van der Waals surface area contributed by atoms with Crippen LogP contribution < -0.4 is 5.32 Å². The highest BCUT2D eigenvalue weighted by Gasteiger charge is 2.48. The molecule has 0 saturated carbocycles. The van der Waals surface area contributed by atoms with Crippen molar-refractivity contribution in [2.24, 2.45) is 0 Å². The first kappa shape index (κ1) is 56.1. The fourth-order valence-electron chi connectivity index (χ4n) is 8.11. The van der Waals surface area contributed by atoms with Gasteiger partial charge in [0.25, 0.3) is 0 Å². The molecule has 1 fully saturated rings. The van der Waals surface area contributed by atoms with E-state index in [0.717, 1.165) is 51.4 Å². The van der Waals surface area contributed by atoms with Crippen molar-refractivity contribution in [2.45, 2.75) is 275 Å². The normalized spacial score (nSPS) is 20.8. The van der Waals surface area contributed by atoms with Crippen molar-refractivity contribution in [1.82, 2.24) is 5.32 Å². The van der Waals surface area contributed by atoms with Gasteiger partial charge in [-0.25, -0.2) is 4.18 Å². The van der Waals surface area contributed by atoms with Gasteiger partial charge in [0.05, 0.1) is 25.4 Å². The van der Waals surface area contributed by atoms with Crippen molar-refractivity contribution in [3.05, 3.63) is 0 Å². The SMILES string of the molecule is CCCCCCCCCCCCCCCCCCCCCCCCCC(O)C(COC1OC(CO)C(O)C(OS(=O)(=O)O)C1O)NC(=O)CCCCCCCCCCC. The minimum Gasteiger partial charge on any atom is -0.394 e.